The van der Waals surface area contributed by atoms with Crippen molar-refractivity contribution >= 4 is 11.8 Å². The number of aryl methyl sites for hydroxylation is 1. The second kappa shape index (κ2) is 6.91. The van der Waals surface area contributed by atoms with Gasteiger partial charge in [-0.2, -0.15) is 0 Å². The third-order valence-corrected chi connectivity index (χ3v) is 3.67. The van der Waals surface area contributed by atoms with Crippen LogP contribution >= 0.6 is 0 Å². The summed E-state index contributed by atoms with van der Waals surface area (Å²) in [5.41, 5.74) is 1.91. The Labute approximate surface area is 132 Å². The van der Waals surface area contributed by atoms with Crippen LogP contribution in [0.3, 0.4) is 0 Å². The van der Waals surface area contributed by atoms with E-state index in [2.05, 4.69) is 12.1 Å². The molecule has 0 fully saturated rings. The zero-order chi connectivity index (χ0) is 16.2. The Morgan fingerprint density at radius 3 is 2.50 bits per heavy atom. The van der Waals surface area contributed by atoms with Crippen molar-refractivity contribution in [2.75, 3.05) is 0 Å². The van der Waals surface area contributed by atoms with Crippen molar-refractivity contribution in [3.63, 3.8) is 0 Å². The molecule has 1 aromatic rings. The minimum Gasteiger partial charge on any atom is -0.460 e. The van der Waals surface area contributed by atoms with Gasteiger partial charge in [0, 0.05) is 5.92 Å². The van der Waals surface area contributed by atoms with Gasteiger partial charge in [-0.25, -0.2) is 0 Å². The summed E-state index contributed by atoms with van der Waals surface area (Å²) in [4.78, 5) is 23.9. The Bertz CT molecular complexity index is 564. The number of ether oxygens (including phenoxy) is 1. The maximum Gasteiger partial charge on any atom is 0.307 e. The fourth-order valence-electron chi connectivity index (χ4n) is 2.68. The number of carbonyl (C=O) groups is 2. The van der Waals surface area contributed by atoms with E-state index in [1.807, 2.05) is 39.0 Å². The second-order valence-electron chi connectivity index (χ2n) is 6.88. The van der Waals surface area contributed by atoms with Gasteiger partial charge in [0.15, 0.2) is 5.78 Å². The Morgan fingerprint density at radius 2 is 1.86 bits per heavy atom. The standard InChI is InChI=1S/C19H24O3/c1-19(2,3)22-18(21)13-16-11-15(12-17(16)20)10-9-14-7-5-4-6-8-14/h4-8,12,16H,9-11,13H2,1-3H3/t16-/m1/s1. The molecule has 0 amide bonds. The molecule has 3 heteroatoms. The molecule has 1 aliphatic carbocycles. The van der Waals surface area contributed by atoms with Gasteiger partial charge in [-0.15, -0.1) is 0 Å². The number of allylic oxidation sites excluding steroid dienone is 2. The molecule has 0 aromatic heterocycles. The molecule has 2 rings (SSSR count). The van der Waals surface area contributed by atoms with Crippen LogP contribution < -0.4 is 0 Å². The van der Waals surface area contributed by atoms with Crippen LogP contribution in [0.15, 0.2) is 42.0 Å². The van der Waals surface area contributed by atoms with Crippen molar-refractivity contribution in [3.05, 3.63) is 47.5 Å². The largest absolute Gasteiger partial charge is 0.460 e. The van der Waals surface area contributed by atoms with E-state index < -0.39 is 5.60 Å². The van der Waals surface area contributed by atoms with Crippen molar-refractivity contribution in [1.82, 2.24) is 0 Å². The summed E-state index contributed by atoms with van der Waals surface area (Å²) in [6, 6.07) is 10.2. The molecule has 0 spiro atoms. The third kappa shape index (κ3) is 5.14. The van der Waals surface area contributed by atoms with Gasteiger partial charge in [0.05, 0.1) is 6.42 Å². The first-order chi connectivity index (χ1) is 10.3. The number of hydrogen-bond donors (Lipinski definition) is 0. The molecule has 0 saturated heterocycles. The summed E-state index contributed by atoms with van der Waals surface area (Å²) < 4.78 is 5.30. The molecule has 0 bridgehead atoms. The molecule has 3 nitrogen and oxygen atoms in total. The van der Waals surface area contributed by atoms with Gasteiger partial charge in [-0.05, 0) is 51.7 Å². The summed E-state index contributed by atoms with van der Waals surface area (Å²) in [5, 5.41) is 0. The number of hydrogen-bond acceptors (Lipinski definition) is 3. The van der Waals surface area contributed by atoms with Gasteiger partial charge >= 0.3 is 5.97 Å². The predicted molar refractivity (Wildman–Crippen MR) is 86.4 cm³/mol. The van der Waals surface area contributed by atoms with Crippen LogP contribution in [-0.2, 0) is 20.7 Å². The van der Waals surface area contributed by atoms with E-state index in [4.69, 9.17) is 4.74 Å². The fraction of sp³-hybridized carbons (Fsp3) is 0.474. The normalized spacial score (nSPS) is 18.2. The molecule has 1 aromatic carbocycles. The molecule has 0 radical (unpaired) electrons. The summed E-state index contributed by atoms with van der Waals surface area (Å²) in [6.07, 6.45) is 4.39. The molecule has 0 aliphatic heterocycles. The van der Waals surface area contributed by atoms with Crippen LogP contribution in [0, 0.1) is 5.92 Å². The van der Waals surface area contributed by atoms with Gasteiger partial charge in [0.1, 0.15) is 5.60 Å². The number of benzene rings is 1. The monoisotopic (exact) mass is 300 g/mol. The lowest BCUT2D eigenvalue weighted by Gasteiger charge is -2.20. The molecule has 0 heterocycles. The molecule has 22 heavy (non-hydrogen) atoms. The number of ketones is 1. The zero-order valence-corrected chi connectivity index (χ0v) is 13.6. The zero-order valence-electron chi connectivity index (χ0n) is 13.6. The highest BCUT2D eigenvalue weighted by Crippen LogP contribution is 2.28. The van der Waals surface area contributed by atoms with Crippen molar-refractivity contribution in [2.45, 2.75) is 52.1 Å². The fourth-order valence-corrected chi connectivity index (χ4v) is 2.68. The van der Waals surface area contributed by atoms with Gasteiger partial charge in [-0.3, -0.25) is 9.59 Å². The Kier molecular flexibility index (Phi) is 5.17. The van der Waals surface area contributed by atoms with Crippen LogP contribution in [0.1, 0.15) is 45.6 Å². The molecule has 1 aliphatic rings. The number of carbonyl (C=O) groups excluding carboxylic acids is 2. The summed E-state index contributed by atoms with van der Waals surface area (Å²) >= 11 is 0. The topological polar surface area (TPSA) is 43.4 Å². The highest BCUT2D eigenvalue weighted by molar-refractivity contribution is 5.97. The molecular formula is C19H24O3. The van der Waals surface area contributed by atoms with Crippen LogP contribution in [0.4, 0.5) is 0 Å². The molecule has 0 saturated carbocycles. The molecular weight excluding hydrogens is 276 g/mol. The van der Waals surface area contributed by atoms with E-state index in [1.54, 1.807) is 6.08 Å². The average molecular weight is 300 g/mol. The summed E-state index contributed by atoms with van der Waals surface area (Å²) in [6.45, 7) is 5.51. The minimum atomic E-state index is -0.498. The first-order valence-corrected chi connectivity index (χ1v) is 7.82. The highest BCUT2D eigenvalue weighted by atomic mass is 16.6. The second-order valence-corrected chi connectivity index (χ2v) is 6.88. The molecule has 0 unspecified atom stereocenters. The SMILES string of the molecule is CC(C)(C)OC(=O)C[C@H]1CC(CCc2ccccc2)=CC1=O. The molecule has 118 valence electrons. The van der Waals surface area contributed by atoms with E-state index in [0.717, 1.165) is 18.4 Å². The highest BCUT2D eigenvalue weighted by Gasteiger charge is 2.29. The van der Waals surface area contributed by atoms with Gasteiger partial charge in [0.25, 0.3) is 0 Å². The van der Waals surface area contributed by atoms with Crippen LogP contribution in [0.5, 0.6) is 0 Å². The smallest absolute Gasteiger partial charge is 0.307 e. The lowest BCUT2D eigenvalue weighted by Crippen LogP contribution is -2.26. The Hall–Kier alpha value is -1.90. The Morgan fingerprint density at radius 1 is 1.18 bits per heavy atom. The minimum absolute atomic E-state index is 0.0638. The molecule has 1 atom stereocenters. The van der Waals surface area contributed by atoms with Crippen molar-refractivity contribution in [2.24, 2.45) is 5.92 Å². The summed E-state index contributed by atoms with van der Waals surface area (Å²) in [7, 11) is 0. The van der Waals surface area contributed by atoms with Crippen molar-refractivity contribution in [1.29, 1.82) is 0 Å². The van der Waals surface area contributed by atoms with E-state index in [-0.39, 0.29) is 24.1 Å². The van der Waals surface area contributed by atoms with Crippen molar-refractivity contribution in [3.8, 4) is 0 Å². The van der Waals surface area contributed by atoms with Gasteiger partial charge in [-0.1, -0.05) is 35.9 Å². The summed E-state index contributed by atoms with van der Waals surface area (Å²) in [5.74, 6) is -0.460. The van der Waals surface area contributed by atoms with Crippen LogP contribution in [0.2, 0.25) is 0 Å². The van der Waals surface area contributed by atoms with E-state index >= 15 is 0 Å². The maximum absolute atomic E-state index is 12.0. The first kappa shape index (κ1) is 16.5. The first-order valence-electron chi connectivity index (χ1n) is 7.82. The number of rotatable bonds is 5. The van der Waals surface area contributed by atoms with Crippen LogP contribution in [-0.4, -0.2) is 17.4 Å². The lowest BCUT2D eigenvalue weighted by molar-refractivity contribution is -0.156. The molecule has 0 N–H and O–H groups in total. The lowest BCUT2D eigenvalue weighted by atomic mass is 9.98. The van der Waals surface area contributed by atoms with E-state index in [9.17, 15) is 9.59 Å². The predicted octanol–water partition coefficient (Wildman–Crippen LogP) is 3.87. The Balaban J connectivity index is 1.82. The van der Waals surface area contributed by atoms with Crippen LogP contribution in [0.25, 0.3) is 0 Å². The maximum atomic E-state index is 12.0. The number of esters is 1. The quantitative estimate of drug-likeness (QED) is 0.775. The van der Waals surface area contributed by atoms with E-state index in [0.29, 0.717) is 6.42 Å². The third-order valence-electron chi connectivity index (χ3n) is 3.67. The average Bonchev–Trinajstić information content (AvgIpc) is 2.76. The van der Waals surface area contributed by atoms with Gasteiger partial charge < -0.3 is 4.74 Å². The van der Waals surface area contributed by atoms with Crippen molar-refractivity contribution < 1.29 is 14.3 Å². The van der Waals surface area contributed by atoms with Gasteiger partial charge in [0.2, 0.25) is 0 Å². The van der Waals surface area contributed by atoms with E-state index in [1.165, 1.54) is 5.56 Å².